The third-order valence-electron chi connectivity index (χ3n) is 8.87. The summed E-state index contributed by atoms with van der Waals surface area (Å²) in [4.78, 5) is 13.7. The second kappa shape index (κ2) is 71.6. The molecule has 0 aromatic heterocycles. The maximum Gasteiger partial charge on any atom is 0.410 e. The number of nitrogens with one attached hydrogen (secondary N) is 1. The fourth-order valence-corrected chi connectivity index (χ4v) is 11300. The molecule has 1 amide bonds. The molecule has 0 unspecified atom stereocenters. The van der Waals surface area contributed by atoms with Crippen molar-refractivity contribution in [3.8, 4) is 0 Å². The van der Waals surface area contributed by atoms with Crippen molar-refractivity contribution in [2.45, 2.75) is 56.3 Å². The van der Waals surface area contributed by atoms with Gasteiger partial charge in [0.25, 0.3) is 0 Å². The number of piperidine rings is 2. The predicted molar refractivity (Wildman–Crippen MR) is 947 cm³/mol. The molecule has 66 heteroatoms. The molecule has 0 atom stereocenters. The molecule has 6 nitrogen and oxygen atoms in total. The van der Waals surface area contributed by atoms with Gasteiger partial charge in [0.1, 0.15) is 6.61 Å². The Bertz CT molecular complexity index is 2010. The number of amides is 1. The predicted octanol–water partition coefficient (Wildman–Crippen LogP) is 56.2. The van der Waals surface area contributed by atoms with Gasteiger partial charge in [0.05, 0.1) is 24.4 Å². The fraction of sp³-hybridized carbons (Fsp3) is 0.682. The van der Waals surface area contributed by atoms with Gasteiger partial charge in [-0.1, -0.05) is 30.3 Å². The molecule has 5 rings (SSSR count). The molecule has 0 saturated carbocycles. The zero-order chi connectivity index (χ0) is 67.0. The number of benzene rings is 1. The molecule has 88 heavy (non-hydrogen) atoms. The molecule has 4 heterocycles. The standard InChI is InChI=1S/C15H19NO3.C7H13NO.I60/c17-14(18-12-13-4-2-1-3-5-13)16-9-6-15(7-10-16)8-11-19-15;1-4-8-5-2-7(1)3-6-9-7;1-32(2)34(5)36(7)38(9)40(11)42(13)44(15)46(17)48(19)50(21)52(23)54(25)56(27)58(29)60(31)59(30)57(28)55(26)53(24)51(22)49(20)47(18)45(16)43(14)41(12)39(10)37(8)35(6)33(3)4/h1-5H,6-12H2;8H,1-6H2;. The van der Waals surface area contributed by atoms with Crippen LogP contribution >= 0.6 is 806 Å². The van der Waals surface area contributed by atoms with E-state index in [2.05, 4.69) is 582 Å². The van der Waals surface area contributed by atoms with Crippen LogP contribution in [0.25, 0.3) is 0 Å². The summed E-state index contributed by atoms with van der Waals surface area (Å²) in [7, 11) is -16.2. The first-order chi connectivity index (χ1) is 40.9. The third-order valence-corrected chi connectivity index (χ3v) is 4640. The summed E-state index contributed by atoms with van der Waals surface area (Å²) in [5.41, 5.74) is 1.44. The number of hydrogen-bond acceptors (Lipinski definition) is 5. The van der Waals surface area contributed by atoms with E-state index in [4.69, 9.17) is 14.2 Å². The van der Waals surface area contributed by atoms with Crippen molar-refractivity contribution in [1.29, 1.82) is 0 Å². The number of carbonyl (C=O) groups excluding carboxylic acids is 1. The second-order valence-corrected chi connectivity index (χ2v) is 1430. The first-order valence-corrected chi connectivity index (χ1v) is 390. The summed E-state index contributed by atoms with van der Waals surface area (Å²) in [5.74, 6) is 0. The van der Waals surface area contributed by atoms with E-state index in [1.54, 1.807) is 4.90 Å². The Labute approximate surface area is 923 Å². The van der Waals surface area contributed by atoms with Gasteiger partial charge in [-0.15, -0.1) is 0 Å². The average molecular weight is 8000 g/mol. The number of hydrogen-bond donors (Lipinski definition) is 1. The van der Waals surface area contributed by atoms with Gasteiger partial charge in [0, 0.05) is 13.1 Å². The van der Waals surface area contributed by atoms with E-state index < -0.39 is 229 Å². The Morgan fingerprint density at radius 2 is 0.568 bits per heavy atom. The van der Waals surface area contributed by atoms with Crippen LogP contribution in [0.1, 0.15) is 44.1 Å². The maximum absolute atomic E-state index is 12.0. The summed E-state index contributed by atoms with van der Waals surface area (Å²) < 4.78 is 16.5. The number of carbonyl (C=O) groups is 1. The van der Waals surface area contributed by atoms with Crippen molar-refractivity contribution in [3.05, 3.63) is 35.9 Å². The van der Waals surface area contributed by atoms with Gasteiger partial charge in [0.15, 0.2) is 0 Å². The Morgan fingerprint density at radius 3 is 0.761 bits per heavy atom. The number of nitrogens with zero attached hydrogens (tertiary/aromatic N) is 1. The summed E-state index contributed by atoms with van der Waals surface area (Å²) in [6, 6.07) is 9.76. The van der Waals surface area contributed by atoms with Crippen molar-refractivity contribution >= 4 is 812 Å². The molecular weight excluding hydrogens is 7970 g/mol. The fourth-order valence-electron chi connectivity index (χ4n) is 5.19. The number of halogens is 60. The van der Waals surface area contributed by atoms with Gasteiger partial charge in [0.2, 0.25) is 0 Å². The number of rotatable bonds is 30. The Kier molecular flexibility index (Phi) is 101. The van der Waals surface area contributed by atoms with Crippen molar-refractivity contribution in [1.82, 2.24) is 10.2 Å². The Balaban J connectivity index is 0.000000571. The van der Waals surface area contributed by atoms with E-state index in [-0.39, 0.29) is 11.7 Å². The first kappa shape index (κ1) is 124. The quantitative estimate of drug-likeness (QED) is 0.0778. The molecule has 0 radical (unpaired) electrons. The van der Waals surface area contributed by atoms with Crippen LogP contribution in [0, 0.1) is 0 Å². The normalized spacial score (nSPS) is 20.7. The molecule has 1 N–H and O–H groups in total. The van der Waals surface area contributed by atoms with Crippen molar-refractivity contribution < 1.29 is 19.0 Å². The van der Waals surface area contributed by atoms with E-state index in [1.807, 2.05) is 30.3 Å². The maximum atomic E-state index is 12.0. The Morgan fingerprint density at radius 1 is 0.352 bits per heavy atom. The minimum atomic E-state index is -0.603. The van der Waals surface area contributed by atoms with Crippen LogP contribution in [0.3, 0.4) is 0 Å². The first-order valence-electron chi connectivity index (χ1n) is 19.1. The molecule has 4 aliphatic rings. The van der Waals surface area contributed by atoms with E-state index >= 15 is 0 Å². The number of likely N-dealkylation sites (tertiary alicyclic amines) is 1. The second-order valence-electron chi connectivity index (χ2n) is 13.0. The molecule has 4 aliphatic heterocycles. The molecule has 4 saturated heterocycles. The van der Waals surface area contributed by atoms with Crippen LogP contribution in [0.15, 0.2) is 30.3 Å². The zero-order valence-electron chi connectivity index (χ0n) is 39.3. The van der Waals surface area contributed by atoms with Gasteiger partial charge in [-0.3, -0.25) is 0 Å². The molecule has 0 aliphatic carbocycles. The Hall–Kier alpha value is 42.2. The largest absolute Gasteiger partial charge is 0.445 e. The molecule has 574 valence electrons. The van der Waals surface area contributed by atoms with Gasteiger partial charge >= 0.3 is 812 Å². The molecule has 2 spiro atoms. The molecule has 0 bridgehead atoms. The zero-order valence-corrected chi connectivity index (χ0v) is 169. The minimum absolute atomic E-state index is 0.0796. The van der Waals surface area contributed by atoms with Crippen LogP contribution in [0.4, 0.5) is 4.79 Å². The summed E-state index contributed by atoms with van der Waals surface area (Å²) in [6.07, 6.45) is 6.56. The summed E-state index contributed by atoms with van der Waals surface area (Å²) in [6.45, 7) is 6.01. The molecular formula is C22H32I60N2O4. The average Bonchev–Trinajstić information content (AvgIpc) is 3.43. The van der Waals surface area contributed by atoms with E-state index in [1.165, 1.54) is 19.3 Å². The third kappa shape index (κ3) is 47.4. The van der Waals surface area contributed by atoms with Crippen LogP contribution < -0.4 is 5.32 Å². The van der Waals surface area contributed by atoms with E-state index in [9.17, 15) is 4.79 Å². The topological polar surface area (TPSA) is 60.0 Å². The number of ether oxygens (including phenoxy) is 3. The van der Waals surface area contributed by atoms with Crippen LogP contribution in [-0.2, 0) is 20.8 Å². The van der Waals surface area contributed by atoms with Crippen LogP contribution in [-0.4, -0.2) is 61.6 Å². The smallest absolute Gasteiger partial charge is 0.410 e. The van der Waals surface area contributed by atoms with Crippen molar-refractivity contribution in [2.24, 2.45) is 0 Å². The summed E-state index contributed by atoms with van der Waals surface area (Å²) >= 11 is 102. The van der Waals surface area contributed by atoms with Gasteiger partial charge in [-0.2, -0.15) is 0 Å². The van der Waals surface area contributed by atoms with Gasteiger partial charge < -0.3 is 24.4 Å². The van der Waals surface area contributed by atoms with Crippen molar-refractivity contribution in [3.63, 3.8) is 0 Å². The van der Waals surface area contributed by atoms with E-state index in [0.29, 0.717) is 12.2 Å². The monoisotopic (exact) mass is 8000 g/mol. The summed E-state index contributed by atoms with van der Waals surface area (Å²) in [5, 5.41) is 3.33. The van der Waals surface area contributed by atoms with Gasteiger partial charge in [-0.25, -0.2) is 4.79 Å². The van der Waals surface area contributed by atoms with E-state index in [0.717, 1.165) is 64.2 Å². The molecule has 1 aromatic rings. The minimum Gasteiger partial charge on any atom is -0.445 e. The van der Waals surface area contributed by atoms with Crippen LogP contribution in [0.5, 0.6) is 0 Å². The SMILES string of the molecule is C1CC2(CCN1)CCO2.II(I)I(I)I(I)I(I)I(I)I(I)I(I)I(I)I(I)I(I)I(I)I(I)I(I)I(I)I(I)I(I)I(I)I(I)I(I)I(I)I(I)I(I)I(I)I(I)I(I)I(I)I(I)I(I)I(I)I.O=C(OCc1ccccc1)N1CCC2(CCO2)CC1. The van der Waals surface area contributed by atoms with Gasteiger partial charge in [-0.05, 0) is 57.2 Å². The van der Waals surface area contributed by atoms with Crippen LogP contribution in [0.2, 0.25) is 0 Å². The molecule has 1 aromatic carbocycles. The molecule has 4 fully saturated rings. The van der Waals surface area contributed by atoms with Crippen molar-refractivity contribution in [2.75, 3.05) is 39.4 Å².